The molecule has 0 spiro atoms. The SMILES string of the molecule is NCc1ccccc1OCCCn1ccc2ccccc21. The Kier molecular flexibility index (Phi) is 4.22. The molecule has 0 aliphatic rings. The zero-order valence-corrected chi connectivity index (χ0v) is 12.0. The summed E-state index contributed by atoms with van der Waals surface area (Å²) in [6.07, 6.45) is 3.11. The number of nitrogens with two attached hydrogens (primary N) is 1. The molecular formula is C18H20N2O. The summed E-state index contributed by atoms with van der Waals surface area (Å²) >= 11 is 0. The summed E-state index contributed by atoms with van der Waals surface area (Å²) in [5.74, 6) is 0.900. The van der Waals surface area contributed by atoms with Crippen molar-refractivity contribution in [2.45, 2.75) is 19.5 Å². The Morgan fingerprint density at radius 2 is 1.76 bits per heavy atom. The predicted molar refractivity (Wildman–Crippen MR) is 86.4 cm³/mol. The average Bonchev–Trinajstić information content (AvgIpc) is 2.95. The highest BCUT2D eigenvalue weighted by Gasteiger charge is 2.02. The van der Waals surface area contributed by atoms with E-state index >= 15 is 0 Å². The molecule has 3 nitrogen and oxygen atoms in total. The maximum absolute atomic E-state index is 5.85. The summed E-state index contributed by atoms with van der Waals surface area (Å²) in [6.45, 7) is 2.17. The standard InChI is InChI=1S/C18H20N2O/c19-14-16-7-2-4-9-18(16)21-13-5-11-20-12-10-15-6-1-3-8-17(15)20/h1-4,6-10,12H,5,11,13-14,19H2. The zero-order valence-electron chi connectivity index (χ0n) is 12.0. The van der Waals surface area contributed by atoms with Crippen LogP contribution in [0.1, 0.15) is 12.0 Å². The van der Waals surface area contributed by atoms with Crippen molar-refractivity contribution in [3.63, 3.8) is 0 Å². The van der Waals surface area contributed by atoms with Crippen LogP contribution in [0.2, 0.25) is 0 Å². The highest BCUT2D eigenvalue weighted by atomic mass is 16.5. The fourth-order valence-corrected chi connectivity index (χ4v) is 2.57. The Hall–Kier alpha value is -2.26. The smallest absolute Gasteiger partial charge is 0.123 e. The van der Waals surface area contributed by atoms with Gasteiger partial charge >= 0.3 is 0 Å². The lowest BCUT2D eigenvalue weighted by atomic mass is 10.2. The van der Waals surface area contributed by atoms with Crippen LogP contribution in [0.5, 0.6) is 5.75 Å². The molecule has 0 saturated heterocycles. The third kappa shape index (κ3) is 3.09. The van der Waals surface area contributed by atoms with E-state index in [2.05, 4.69) is 41.1 Å². The maximum atomic E-state index is 5.85. The van der Waals surface area contributed by atoms with Gasteiger partial charge in [-0.3, -0.25) is 0 Å². The Bertz CT molecular complexity index is 718. The van der Waals surface area contributed by atoms with Crippen molar-refractivity contribution in [2.75, 3.05) is 6.61 Å². The number of hydrogen-bond acceptors (Lipinski definition) is 2. The molecular weight excluding hydrogens is 260 g/mol. The number of rotatable bonds is 6. The van der Waals surface area contributed by atoms with Gasteiger partial charge in [-0.25, -0.2) is 0 Å². The summed E-state index contributed by atoms with van der Waals surface area (Å²) in [7, 11) is 0. The van der Waals surface area contributed by atoms with Crippen molar-refractivity contribution < 1.29 is 4.74 Å². The highest BCUT2D eigenvalue weighted by molar-refractivity contribution is 5.79. The molecule has 3 rings (SSSR count). The molecule has 1 heterocycles. The number of fused-ring (bicyclic) bond motifs is 1. The molecule has 21 heavy (non-hydrogen) atoms. The van der Waals surface area contributed by atoms with E-state index in [1.807, 2.05) is 24.3 Å². The zero-order chi connectivity index (χ0) is 14.5. The van der Waals surface area contributed by atoms with Gasteiger partial charge in [0.1, 0.15) is 5.75 Å². The first-order valence-electron chi connectivity index (χ1n) is 7.33. The highest BCUT2D eigenvalue weighted by Crippen LogP contribution is 2.18. The van der Waals surface area contributed by atoms with Crippen LogP contribution < -0.4 is 10.5 Å². The second kappa shape index (κ2) is 6.46. The fourth-order valence-electron chi connectivity index (χ4n) is 2.57. The van der Waals surface area contributed by atoms with Gasteiger partial charge in [-0.15, -0.1) is 0 Å². The van der Waals surface area contributed by atoms with Crippen molar-refractivity contribution in [2.24, 2.45) is 5.73 Å². The summed E-state index contributed by atoms with van der Waals surface area (Å²) in [6, 6.07) is 18.5. The molecule has 108 valence electrons. The van der Waals surface area contributed by atoms with E-state index in [0.29, 0.717) is 13.2 Å². The van der Waals surface area contributed by atoms with Gasteiger partial charge in [0.2, 0.25) is 0 Å². The summed E-state index contributed by atoms with van der Waals surface area (Å²) in [4.78, 5) is 0. The van der Waals surface area contributed by atoms with Crippen molar-refractivity contribution in [3.05, 3.63) is 66.4 Å². The summed E-state index contributed by atoms with van der Waals surface area (Å²) in [5, 5.41) is 1.28. The number of hydrogen-bond donors (Lipinski definition) is 1. The Labute approximate surface area is 125 Å². The fraction of sp³-hybridized carbons (Fsp3) is 0.222. The van der Waals surface area contributed by atoms with E-state index in [0.717, 1.165) is 24.3 Å². The van der Waals surface area contributed by atoms with Crippen LogP contribution in [0.25, 0.3) is 10.9 Å². The number of aryl methyl sites for hydroxylation is 1. The first-order valence-corrected chi connectivity index (χ1v) is 7.33. The van der Waals surface area contributed by atoms with Crippen molar-refractivity contribution in [1.29, 1.82) is 0 Å². The second-order valence-corrected chi connectivity index (χ2v) is 5.08. The van der Waals surface area contributed by atoms with Gasteiger partial charge in [0.15, 0.2) is 0 Å². The van der Waals surface area contributed by atoms with E-state index in [1.165, 1.54) is 10.9 Å². The monoisotopic (exact) mass is 280 g/mol. The van der Waals surface area contributed by atoms with Crippen LogP contribution in [-0.2, 0) is 13.1 Å². The molecule has 0 aliphatic heterocycles. The van der Waals surface area contributed by atoms with Crippen molar-refractivity contribution in [3.8, 4) is 5.75 Å². The van der Waals surface area contributed by atoms with Gasteiger partial charge in [0.05, 0.1) is 6.61 Å². The van der Waals surface area contributed by atoms with Gasteiger partial charge in [-0.05, 0) is 30.0 Å². The van der Waals surface area contributed by atoms with E-state index in [9.17, 15) is 0 Å². The first kappa shape index (κ1) is 13.7. The largest absolute Gasteiger partial charge is 0.493 e. The molecule has 0 atom stereocenters. The molecule has 3 heteroatoms. The quantitative estimate of drug-likeness (QED) is 0.701. The van der Waals surface area contributed by atoms with Gasteiger partial charge in [-0.1, -0.05) is 36.4 Å². The number of aromatic nitrogens is 1. The van der Waals surface area contributed by atoms with Crippen LogP contribution in [0.15, 0.2) is 60.8 Å². The van der Waals surface area contributed by atoms with E-state index in [4.69, 9.17) is 10.5 Å². The van der Waals surface area contributed by atoms with Crippen LogP contribution in [0.4, 0.5) is 0 Å². The normalized spacial score (nSPS) is 10.9. The average molecular weight is 280 g/mol. The Morgan fingerprint density at radius 1 is 0.952 bits per heavy atom. The topological polar surface area (TPSA) is 40.2 Å². The van der Waals surface area contributed by atoms with Crippen molar-refractivity contribution in [1.82, 2.24) is 4.57 Å². The van der Waals surface area contributed by atoms with E-state index < -0.39 is 0 Å². The molecule has 3 aromatic rings. The van der Waals surface area contributed by atoms with Gasteiger partial charge in [-0.2, -0.15) is 0 Å². The van der Waals surface area contributed by atoms with Gasteiger partial charge in [0.25, 0.3) is 0 Å². The second-order valence-electron chi connectivity index (χ2n) is 5.08. The van der Waals surface area contributed by atoms with E-state index in [1.54, 1.807) is 0 Å². The lowest BCUT2D eigenvalue weighted by Crippen LogP contribution is -2.06. The molecule has 0 unspecified atom stereocenters. The number of benzene rings is 2. The molecule has 0 aliphatic carbocycles. The molecule has 0 bridgehead atoms. The molecule has 2 N–H and O–H groups in total. The number of ether oxygens (including phenoxy) is 1. The lowest BCUT2D eigenvalue weighted by Gasteiger charge is -2.11. The lowest BCUT2D eigenvalue weighted by molar-refractivity contribution is 0.300. The maximum Gasteiger partial charge on any atom is 0.123 e. The summed E-state index contributed by atoms with van der Waals surface area (Å²) in [5.41, 5.74) is 8.05. The van der Waals surface area contributed by atoms with Gasteiger partial charge in [0, 0.05) is 30.4 Å². The number of nitrogens with zero attached hydrogens (tertiary/aromatic N) is 1. The van der Waals surface area contributed by atoms with Gasteiger partial charge < -0.3 is 15.0 Å². The Morgan fingerprint density at radius 3 is 2.67 bits per heavy atom. The van der Waals surface area contributed by atoms with Crippen LogP contribution in [0.3, 0.4) is 0 Å². The molecule has 1 aromatic heterocycles. The minimum Gasteiger partial charge on any atom is -0.493 e. The third-order valence-electron chi connectivity index (χ3n) is 3.67. The summed E-state index contributed by atoms with van der Waals surface area (Å²) < 4.78 is 8.12. The minimum atomic E-state index is 0.512. The molecule has 2 aromatic carbocycles. The van der Waals surface area contributed by atoms with Crippen LogP contribution >= 0.6 is 0 Å². The molecule has 0 saturated carbocycles. The first-order chi connectivity index (χ1) is 10.4. The molecule has 0 radical (unpaired) electrons. The molecule has 0 fully saturated rings. The third-order valence-corrected chi connectivity index (χ3v) is 3.67. The number of para-hydroxylation sites is 2. The predicted octanol–water partition coefficient (Wildman–Crippen LogP) is 3.57. The van der Waals surface area contributed by atoms with Crippen LogP contribution in [-0.4, -0.2) is 11.2 Å². The van der Waals surface area contributed by atoms with Crippen molar-refractivity contribution >= 4 is 10.9 Å². The van der Waals surface area contributed by atoms with E-state index in [-0.39, 0.29) is 0 Å². The van der Waals surface area contributed by atoms with Crippen LogP contribution in [0, 0.1) is 0 Å². The minimum absolute atomic E-state index is 0.512. The Balaban J connectivity index is 1.57. The molecule has 0 amide bonds.